The fraction of sp³-hybridized carbons (Fsp3) is 0.368. The molecular formula is C19H23N. The lowest BCUT2D eigenvalue weighted by Crippen LogP contribution is -2.14. The lowest BCUT2D eigenvalue weighted by molar-refractivity contribution is 0.682. The van der Waals surface area contributed by atoms with Crippen LogP contribution in [0.4, 0.5) is 0 Å². The van der Waals surface area contributed by atoms with Gasteiger partial charge in [0.25, 0.3) is 0 Å². The summed E-state index contributed by atoms with van der Waals surface area (Å²) in [5.74, 6) is 0. The van der Waals surface area contributed by atoms with Crippen LogP contribution < -0.4 is 5.73 Å². The quantitative estimate of drug-likeness (QED) is 0.864. The first-order valence-corrected chi connectivity index (χ1v) is 7.59. The molecule has 0 heterocycles. The van der Waals surface area contributed by atoms with Crippen molar-refractivity contribution in [2.75, 3.05) is 0 Å². The third-order valence-electron chi connectivity index (χ3n) is 4.49. The fourth-order valence-electron chi connectivity index (χ4n) is 3.30. The van der Waals surface area contributed by atoms with Gasteiger partial charge in [-0.1, -0.05) is 42.0 Å². The van der Waals surface area contributed by atoms with Crippen LogP contribution in [-0.2, 0) is 12.8 Å². The molecule has 1 nitrogen and oxygen atoms in total. The molecule has 20 heavy (non-hydrogen) atoms. The van der Waals surface area contributed by atoms with Gasteiger partial charge in [-0.25, -0.2) is 0 Å². The van der Waals surface area contributed by atoms with Crippen molar-refractivity contribution in [3.63, 3.8) is 0 Å². The predicted molar refractivity (Wildman–Crippen MR) is 85.0 cm³/mol. The van der Waals surface area contributed by atoms with Crippen molar-refractivity contribution in [3.05, 3.63) is 69.8 Å². The van der Waals surface area contributed by atoms with Crippen molar-refractivity contribution in [2.24, 2.45) is 5.73 Å². The van der Waals surface area contributed by atoms with Gasteiger partial charge in [0.05, 0.1) is 6.04 Å². The van der Waals surface area contributed by atoms with Gasteiger partial charge in [0, 0.05) is 0 Å². The lowest BCUT2D eigenvalue weighted by atomic mass is 9.87. The molecule has 2 aromatic carbocycles. The number of aryl methyl sites for hydroxylation is 4. The van der Waals surface area contributed by atoms with Crippen LogP contribution in [0.1, 0.15) is 52.3 Å². The second kappa shape index (κ2) is 5.41. The van der Waals surface area contributed by atoms with Crippen molar-refractivity contribution in [1.82, 2.24) is 0 Å². The maximum absolute atomic E-state index is 6.50. The van der Waals surface area contributed by atoms with E-state index in [0.717, 1.165) is 0 Å². The van der Waals surface area contributed by atoms with E-state index >= 15 is 0 Å². The van der Waals surface area contributed by atoms with E-state index in [0.29, 0.717) is 0 Å². The average Bonchev–Trinajstić information content (AvgIpc) is 2.46. The van der Waals surface area contributed by atoms with E-state index in [9.17, 15) is 0 Å². The van der Waals surface area contributed by atoms with Gasteiger partial charge in [-0.15, -0.1) is 0 Å². The topological polar surface area (TPSA) is 26.0 Å². The molecule has 2 N–H and O–H groups in total. The molecule has 0 spiro atoms. The summed E-state index contributed by atoms with van der Waals surface area (Å²) >= 11 is 0. The zero-order valence-electron chi connectivity index (χ0n) is 12.4. The first kappa shape index (κ1) is 13.4. The van der Waals surface area contributed by atoms with E-state index in [-0.39, 0.29) is 6.04 Å². The van der Waals surface area contributed by atoms with Crippen molar-refractivity contribution >= 4 is 0 Å². The monoisotopic (exact) mass is 265 g/mol. The number of fused-ring (bicyclic) bond motifs is 1. The summed E-state index contributed by atoms with van der Waals surface area (Å²) in [6, 6.07) is 13.4. The number of rotatable bonds is 2. The first-order valence-electron chi connectivity index (χ1n) is 7.59. The summed E-state index contributed by atoms with van der Waals surface area (Å²) in [6.45, 7) is 4.28. The van der Waals surface area contributed by atoms with Crippen LogP contribution in [0.3, 0.4) is 0 Å². The molecule has 0 aliphatic heterocycles. The minimum absolute atomic E-state index is 0.0113. The highest BCUT2D eigenvalue weighted by Gasteiger charge is 2.15. The molecule has 0 aromatic heterocycles. The average molecular weight is 265 g/mol. The Bertz CT molecular complexity index is 628. The zero-order valence-corrected chi connectivity index (χ0v) is 12.4. The van der Waals surface area contributed by atoms with Crippen LogP contribution in [0.25, 0.3) is 0 Å². The van der Waals surface area contributed by atoms with E-state index in [1.807, 2.05) is 0 Å². The largest absolute Gasteiger partial charge is 0.320 e. The molecule has 104 valence electrons. The van der Waals surface area contributed by atoms with Crippen molar-refractivity contribution in [1.29, 1.82) is 0 Å². The smallest absolute Gasteiger partial charge is 0.0554 e. The number of hydrogen-bond donors (Lipinski definition) is 1. The van der Waals surface area contributed by atoms with Gasteiger partial charge < -0.3 is 5.73 Å². The fourth-order valence-corrected chi connectivity index (χ4v) is 3.30. The molecule has 0 bridgehead atoms. The van der Waals surface area contributed by atoms with Crippen LogP contribution in [0.2, 0.25) is 0 Å². The van der Waals surface area contributed by atoms with Crippen molar-refractivity contribution in [3.8, 4) is 0 Å². The normalized spacial score (nSPS) is 15.8. The number of nitrogens with two attached hydrogens (primary N) is 1. The molecule has 3 rings (SSSR count). The Morgan fingerprint density at radius 2 is 1.65 bits per heavy atom. The molecule has 0 fully saturated rings. The molecule has 1 unspecified atom stereocenters. The molecule has 1 atom stereocenters. The predicted octanol–water partition coefficient (Wildman–Crippen LogP) is 4.23. The number of benzene rings is 2. The Labute approximate surface area is 121 Å². The summed E-state index contributed by atoms with van der Waals surface area (Å²) in [6.07, 6.45) is 5.09. The Morgan fingerprint density at radius 1 is 0.900 bits per heavy atom. The highest BCUT2D eigenvalue weighted by Crippen LogP contribution is 2.28. The van der Waals surface area contributed by atoms with Crippen LogP contribution >= 0.6 is 0 Å². The third-order valence-corrected chi connectivity index (χ3v) is 4.49. The standard InChI is InChI=1S/C19H23N/c1-13-7-10-18(14(2)11-13)19(20)17-9-8-15-5-3-4-6-16(15)12-17/h7-12,19H,3-6,20H2,1-2H3. The summed E-state index contributed by atoms with van der Waals surface area (Å²) in [7, 11) is 0. The summed E-state index contributed by atoms with van der Waals surface area (Å²) in [4.78, 5) is 0. The summed E-state index contributed by atoms with van der Waals surface area (Å²) in [5.41, 5.74) is 14.6. The van der Waals surface area contributed by atoms with Crippen LogP contribution in [0, 0.1) is 13.8 Å². The molecule has 0 radical (unpaired) electrons. The van der Waals surface area contributed by atoms with Gasteiger partial charge in [-0.05, 0) is 67.3 Å². The molecule has 2 aromatic rings. The minimum atomic E-state index is -0.0113. The van der Waals surface area contributed by atoms with E-state index in [4.69, 9.17) is 5.73 Å². The molecule has 1 heteroatoms. The minimum Gasteiger partial charge on any atom is -0.320 e. The molecular weight excluding hydrogens is 242 g/mol. The van der Waals surface area contributed by atoms with Gasteiger partial charge in [-0.2, -0.15) is 0 Å². The summed E-state index contributed by atoms with van der Waals surface area (Å²) in [5, 5.41) is 0. The van der Waals surface area contributed by atoms with Gasteiger partial charge in [-0.3, -0.25) is 0 Å². The Kier molecular flexibility index (Phi) is 3.62. The maximum atomic E-state index is 6.50. The van der Waals surface area contributed by atoms with Crippen molar-refractivity contribution in [2.45, 2.75) is 45.6 Å². The SMILES string of the molecule is Cc1ccc(C(N)c2ccc3c(c2)CCCC3)c(C)c1. The Balaban J connectivity index is 1.95. The molecule has 1 aliphatic rings. The summed E-state index contributed by atoms with van der Waals surface area (Å²) < 4.78 is 0. The van der Waals surface area contributed by atoms with Gasteiger partial charge >= 0.3 is 0 Å². The Morgan fingerprint density at radius 3 is 2.40 bits per heavy atom. The maximum Gasteiger partial charge on any atom is 0.0554 e. The molecule has 0 amide bonds. The van der Waals surface area contributed by atoms with Gasteiger partial charge in [0.15, 0.2) is 0 Å². The Hall–Kier alpha value is -1.60. The number of hydrogen-bond acceptors (Lipinski definition) is 1. The molecule has 0 saturated heterocycles. The van der Waals surface area contributed by atoms with Gasteiger partial charge in [0.1, 0.15) is 0 Å². The zero-order chi connectivity index (χ0) is 14.1. The van der Waals surface area contributed by atoms with Crippen LogP contribution in [0.15, 0.2) is 36.4 Å². The van der Waals surface area contributed by atoms with Crippen molar-refractivity contribution < 1.29 is 0 Å². The first-order chi connectivity index (χ1) is 9.65. The highest BCUT2D eigenvalue weighted by atomic mass is 14.6. The van der Waals surface area contributed by atoms with Gasteiger partial charge in [0.2, 0.25) is 0 Å². The molecule has 1 aliphatic carbocycles. The van der Waals surface area contributed by atoms with Crippen LogP contribution in [0.5, 0.6) is 0 Å². The molecule has 0 saturated carbocycles. The highest BCUT2D eigenvalue weighted by molar-refractivity contribution is 5.42. The van der Waals surface area contributed by atoms with E-state index in [1.165, 1.54) is 59.1 Å². The van der Waals surface area contributed by atoms with E-state index < -0.39 is 0 Å². The van der Waals surface area contributed by atoms with Crippen LogP contribution in [-0.4, -0.2) is 0 Å². The third kappa shape index (κ3) is 2.51. The second-order valence-electron chi connectivity index (χ2n) is 6.07. The van der Waals surface area contributed by atoms with E-state index in [2.05, 4.69) is 50.2 Å². The lowest BCUT2D eigenvalue weighted by Gasteiger charge is -2.20. The second-order valence-corrected chi connectivity index (χ2v) is 6.07. The van der Waals surface area contributed by atoms with E-state index in [1.54, 1.807) is 0 Å².